The van der Waals surface area contributed by atoms with Gasteiger partial charge in [-0.2, -0.15) is 5.10 Å². The van der Waals surface area contributed by atoms with Crippen LogP contribution in [0.15, 0.2) is 39.7 Å². The zero-order chi connectivity index (χ0) is 16.4. The molecule has 3 aromatic heterocycles. The number of anilines is 1. The van der Waals surface area contributed by atoms with Crippen LogP contribution >= 0.6 is 11.3 Å². The van der Waals surface area contributed by atoms with E-state index in [1.165, 1.54) is 23.7 Å². The van der Waals surface area contributed by atoms with Crippen LogP contribution in [0.25, 0.3) is 11.5 Å². The monoisotopic (exact) mass is 330 g/mol. The van der Waals surface area contributed by atoms with Crippen molar-refractivity contribution in [3.8, 4) is 11.5 Å². The third kappa shape index (κ3) is 3.37. The van der Waals surface area contributed by atoms with Gasteiger partial charge < -0.3 is 9.73 Å². The minimum Gasteiger partial charge on any atom is -0.463 e. The van der Waals surface area contributed by atoms with E-state index in [0.29, 0.717) is 16.6 Å². The molecule has 0 bridgehead atoms. The molecule has 1 N–H and O–H groups in total. The average molecular weight is 330 g/mol. The number of rotatable bonds is 4. The van der Waals surface area contributed by atoms with E-state index in [1.54, 1.807) is 18.2 Å². The number of nitrogens with zero attached hydrogens (tertiary/aromatic N) is 3. The lowest BCUT2D eigenvalue weighted by atomic mass is 10.3. The molecule has 0 aliphatic rings. The predicted molar refractivity (Wildman–Crippen MR) is 86.4 cm³/mol. The van der Waals surface area contributed by atoms with Crippen LogP contribution in [0.3, 0.4) is 0 Å². The van der Waals surface area contributed by atoms with Gasteiger partial charge in [0.1, 0.15) is 12.2 Å². The highest BCUT2D eigenvalue weighted by Crippen LogP contribution is 2.21. The highest BCUT2D eigenvalue weighted by Gasteiger charge is 2.11. The smallest absolute Gasteiger partial charge is 0.267 e. The van der Waals surface area contributed by atoms with Crippen molar-refractivity contribution < 1.29 is 9.21 Å². The van der Waals surface area contributed by atoms with Crippen LogP contribution in [0, 0.1) is 13.8 Å². The number of thiazole rings is 1. The van der Waals surface area contributed by atoms with Crippen molar-refractivity contribution in [2.24, 2.45) is 0 Å². The van der Waals surface area contributed by atoms with E-state index in [2.05, 4.69) is 15.4 Å². The van der Waals surface area contributed by atoms with Crippen LogP contribution in [0.4, 0.5) is 5.13 Å². The summed E-state index contributed by atoms with van der Waals surface area (Å²) in [5.41, 5.74) is 1.01. The van der Waals surface area contributed by atoms with Gasteiger partial charge in [0.15, 0.2) is 10.9 Å². The first-order chi connectivity index (χ1) is 11.0. The zero-order valence-electron chi connectivity index (χ0n) is 12.6. The molecule has 3 aromatic rings. The summed E-state index contributed by atoms with van der Waals surface area (Å²) in [5.74, 6) is 0.176. The lowest BCUT2D eigenvalue weighted by molar-refractivity contribution is -0.117. The van der Waals surface area contributed by atoms with Gasteiger partial charge in [-0.1, -0.05) is 0 Å². The number of amides is 1. The van der Waals surface area contributed by atoms with E-state index in [0.717, 1.165) is 15.3 Å². The number of carbonyl (C=O) groups is 1. The second-order valence-electron chi connectivity index (χ2n) is 4.90. The fourth-order valence-electron chi connectivity index (χ4n) is 1.94. The molecule has 0 atom stereocenters. The Morgan fingerprint density at radius 2 is 2.17 bits per heavy atom. The van der Waals surface area contributed by atoms with Gasteiger partial charge in [0.25, 0.3) is 5.56 Å². The van der Waals surface area contributed by atoms with Crippen LogP contribution in [-0.4, -0.2) is 20.7 Å². The van der Waals surface area contributed by atoms with Gasteiger partial charge >= 0.3 is 0 Å². The number of aromatic nitrogens is 3. The summed E-state index contributed by atoms with van der Waals surface area (Å²) < 4.78 is 6.34. The van der Waals surface area contributed by atoms with Gasteiger partial charge in [0.2, 0.25) is 5.91 Å². The molecule has 7 nitrogen and oxygen atoms in total. The van der Waals surface area contributed by atoms with Crippen molar-refractivity contribution in [1.29, 1.82) is 0 Å². The molecule has 3 rings (SSSR count). The summed E-state index contributed by atoms with van der Waals surface area (Å²) in [5, 5.41) is 7.34. The second-order valence-corrected chi connectivity index (χ2v) is 6.10. The summed E-state index contributed by atoms with van der Waals surface area (Å²) in [6.45, 7) is 3.62. The van der Waals surface area contributed by atoms with E-state index in [1.807, 2.05) is 13.8 Å². The Morgan fingerprint density at radius 1 is 1.35 bits per heavy atom. The van der Waals surface area contributed by atoms with Crippen molar-refractivity contribution >= 4 is 22.4 Å². The van der Waals surface area contributed by atoms with Gasteiger partial charge in [0.05, 0.1) is 12.0 Å². The average Bonchev–Trinajstić information content (AvgIpc) is 3.12. The van der Waals surface area contributed by atoms with E-state index in [-0.39, 0.29) is 18.0 Å². The number of hydrogen-bond acceptors (Lipinski definition) is 6. The highest BCUT2D eigenvalue weighted by atomic mass is 32.1. The zero-order valence-corrected chi connectivity index (χ0v) is 13.4. The molecule has 0 aliphatic carbocycles. The molecule has 1 amide bonds. The van der Waals surface area contributed by atoms with Gasteiger partial charge in [-0.15, -0.1) is 11.3 Å². The first kappa shape index (κ1) is 15.2. The molecular formula is C15H14N4O3S. The summed E-state index contributed by atoms with van der Waals surface area (Å²) >= 11 is 1.39. The summed E-state index contributed by atoms with van der Waals surface area (Å²) in [7, 11) is 0. The SMILES string of the molecule is Cc1nc(NC(=O)Cn2nc(-c3ccco3)ccc2=O)sc1C. The van der Waals surface area contributed by atoms with E-state index >= 15 is 0 Å². The topological polar surface area (TPSA) is 90.0 Å². The highest BCUT2D eigenvalue weighted by molar-refractivity contribution is 7.15. The lowest BCUT2D eigenvalue weighted by Gasteiger charge is -2.05. The fraction of sp³-hybridized carbons (Fsp3) is 0.200. The Kier molecular flexibility index (Phi) is 4.07. The molecule has 0 saturated carbocycles. The fourth-order valence-corrected chi connectivity index (χ4v) is 2.77. The van der Waals surface area contributed by atoms with Crippen LogP contribution in [0.1, 0.15) is 10.6 Å². The summed E-state index contributed by atoms with van der Waals surface area (Å²) in [4.78, 5) is 29.2. The largest absolute Gasteiger partial charge is 0.463 e. The van der Waals surface area contributed by atoms with Gasteiger partial charge in [-0.3, -0.25) is 9.59 Å². The summed E-state index contributed by atoms with van der Waals surface area (Å²) in [6.07, 6.45) is 1.52. The quantitative estimate of drug-likeness (QED) is 0.792. The van der Waals surface area contributed by atoms with Crippen molar-refractivity contribution in [3.05, 3.63) is 51.5 Å². The predicted octanol–water partition coefficient (Wildman–Crippen LogP) is 2.22. The standard InChI is InChI=1S/C15H14N4O3S/c1-9-10(2)23-15(16-9)17-13(20)8-19-14(21)6-5-11(18-19)12-4-3-7-22-12/h3-7H,8H2,1-2H3,(H,16,17,20). The third-order valence-corrected chi connectivity index (χ3v) is 4.20. The second kappa shape index (κ2) is 6.17. The third-order valence-electron chi connectivity index (χ3n) is 3.21. The van der Waals surface area contributed by atoms with Crippen molar-refractivity contribution in [2.45, 2.75) is 20.4 Å². The van der Waals surface area contributed by atoms with Crippen molar-refractivity contribution in [3.63, 3.8) is 0 Å². The molecule has 3 heterocycles. The van der Waals surface area contributed by atoms with Gasteiger partial charge in [-0.05, 0) is 32.0 Å². The minimum atomic E-state index is -0.359. The maximum absolute atomic E-state index is 12.1. The van der Waals surface area contributed by atoms with Crippen molar-refractivity contribution in [2.75, 3.05) is 5.32 Å². The van der Waals surface area contributed by atoms with E-state index in [4.69, 9.17) is 4.42 Å². The maximum Gasteiger partial charge on any atom is 0.267 e. The first-order valence-corrected chi connectivity index (χ1v) is 7.70. The number of hydrogen-bond donors (Lipinski definition) is 1. The van der Waals surface area contributed by atoms with E-state index in [9.17, 15) is 9.59 Å². The maximum atomic E-state index is 12.1. The van der Waals surface area contributed by atoms with Gasteiger partial charge in [-0.25, -0.2) is 9.67 Å². The Balaban J connectivity index is 1.78. The molecular weight excluding hydrogens is 316 g/mol. The molecule has 0 spiro atoms. The Morgan fingerprint density at radius 3 is 2.83 bits per heavy atom. The molecule has 8 heteroatoms. The van der Waals surface area contributed by atoms with Gasteiger partial charge in [0, 0.05) is 10.9 Å². The normalized spacial score (nSPS) is 10.7. The number of carbonyl (C=O) groups excluding carboxylic acids is 1. The molecule has 0 radical (unpaired) electrons. The number of nitrogens with one attached hydrogen (secondary N) is 1. The molecule has 0 aliphatic heterocycles. The number of furan rings is 1. The van der Waals surface area contributed by atoms with E-state index < -0.39 is 0 Å². The summed E-state index contributed by atoms with van der Waals surface area (Å²) in [6, 6.07) is 6.38. The lowest BCUT2D eigenvalue weighted by Crippen LogP contribution is -2.29. The van der Waals surface area contributed by atoms with Crippen LogP contribution in [-0.2, 0) is 11.3 Å². The molecule has 0 fully saturated rings. The Hall–Kier alpha value is -2.74. The minimum absolute atomic E-state index is 0.189. The molecule has 23 heavy (non-hydrogen) atoms. The first-order valence-electron chi connectivity index (χ1n) is 6.89. The Labute approximate surface area is 135 Å². The molecule has 118 valence electrons. The van der Waals surface area contributed by atoms with Crippen LogP contribution in [0.2, 0.25) is 0 Å². The Bertz CT molecular complexity index is 876. The van der Waals surface area contributed by atoms with Crippen molar-refractivity contribution in [1.82, 2.24) is 14.8 Å². The molecule has 0 saturated heterocycles. The molecule has 0 aromatic carbocycles. The van der Waals surface area contributed by atoms with Crippen LogP contribution < -0.4 is 10.9 Å². The molecule has 0 unspecified atom stereocenters. The van der Waals surface area contributed by atoms with Crippen LogP contribution in [0.5, 0.6) is 0 Å². The number of aryl methyl sites for hydroxylation is 2.